The van der Waals surface area contributed by atoms with Crippen molar-refractivity contribution in [3.8, 4) is 5.75 Å². The highest BCUT2D eigenvalue weighted by molar-refractivity contribution is 5.74. The number of carbonyl (C=O) groups is 1. The molecule has 4 nitrogen and oxygen atoms in total. The van der Waals surface area contributed by atoms with Gasteiger partial charge in [-0.3, -0.25) is 0 Å². The van der Waals surface area contributed by atoms with E-state index >= 15 is 0 Å². The first-order valence-corrected chi connectivity index (χ1v) is 8.92. The molecular weight excluding hydrogens is 312 g/mol. The Morgan fingerprint density at radius 3 is 2.32 bits per heavy atom. The van der Waals surface area contributed by atoms with Gasteiger partial charge in [0.15, 0.2) is 0 Å². The van der Waals surface area contributed by atoms with Crippen molar-refractivity contribution in [3.63, 3.8) is 0 Å². The maximum absolute atomic E-state index is 12.4. The number of hydrogen-bond acceptors (Lipinski definition) is 2. The molecule has 0 unspecified atom stereocenters. The Hall–Kier alpha value is -2.49. The zero-order valence-corrected chi connectivity index (χ0v) is 14.8. The predicted molar refractivity (Wildman–Crippen MR) is 99.9 cm³/mol. The maximum Gasteiger partial charge on any atom is 0.317 e. The molecule has 1 aliphatic carbocycles. The van der Waals surface area contributed by atoms with E-state index < -0.39 is 0 Å². The topological polar surface area (TPSA) is 41.6 Å². The van der Waals surface area contributed by atoms with Crippen LogP contribution < -0.4 is 10.1 Å². The van der Waals surface area contributed by atoms with E-state index in [1.165, 1.54) is 12.0 Å². The zero-order chi connectivity index (χ0) is 17.5. The minimum absolute atomic E-state index is 0.0427. The van der Waals surface area contributed by atoms with Crippen molar-refractivity contribution in [1.82, 2.24) is 10.2 Å². The molecule has 0 radical (unpaired) electrons. The van der Waals surface area contributed by atoms with Gasteiger partial charge in [0, 0.05) is 19.0 Å². The summed E-state index contributed by atoms with van der Waals surface area (Å²) in [5.74, 6) is 0.828. The Balaban J connectivity index is 1.45. The number of likely N-dealkylation sites (N-methyl/N-ethyl adjacent to an activating group) is 1. The summed E-state index contributed by atoms with van der Waals surface area (Å²) in [6.07, 6.45) is 3.50. The van der Waals surface area contributed by atoms with Crippen LogP contribution in [0.1, 0.15) is 24.8 Å². The fourth-order valence-electron chi connectivity index (χ4n) is 3.26. The van der Waals surface area contributed by atoms with Crippen LogP contribution in [0, 0.1) is 0 Å². The molecule has 2 aromatic rings. The van der Waals surface area contributed by atoms with Gasteiger partial charge in [-0.15, -0.1) is 0 Å². The third-order valence-corrected chi connectivity index (χ3v) is 5.06. The number of benzene rings is 2. The summed E-state index contributed by atoms with van der Waals surface area (Å²) < 4.78 is 5.65. The molecule has 3 rings (SSSR count). The van der Waals surface area contributed by atoms with Crippen LogP contribution in [0.3, 0.4) is 0 Å². The minimum Gasteiger partial charge on any atom is -0.492 e. The second-order valence-corrected chi connectivity index (χ2v) is 6.74. The second-order valence-electron chi connectivity index (χ2n) is 6.74. The quantitative estimate of drug-likeness (QED) is 0.834. The molecule has 1 aliphatic rings. The lowest BCUT2D eigenvalue weighted by Gasteiger charge is -2.42. The zero-order valence-electron chi connectivity index (χ0n) is 14.8. The summed E-state index contributed by atoms with van der Waals surface area (Å²) in [6.45, 7) is 1.73. The van der Waals surface area contributed by atoms with Crippen molar-refractivity contribution in [2.24, 2.45) is 0 Å². The van der Waals surface area contributed by atoms with Crippen molar-refractivity contribution in [3.05, 3.63) is 66.2 Å². The lowest BCUT2D eigenvalue weighted by Crippen LogP contribution is -2.49. The number of para-hydroxylation sites is 1. The van der Waals surface area contributed by atoms with Crippen molar-refractivity contribution in [1.29, 1.82) is 0 Å². The van der Waals surface area contributed by atoms with Gasteiger partial charge >= 0.3 is 6.03 Å². The lowest BCUT2D eigenvalue weighted by molar-refractivity contribution is 0.182. The first kappa shape index (κ1) is 17.3. The highest BCUT2D eigenvalue weighted by atomic mass is 16.5. The second kappa shape index (κ2) is 8.06. The number of amides is 2. The van der Waals surface area contributed by atoms with E-state index in [-0.39, 0.29) is 11.4 Å². The monoisotopic (exact) mass is 338 g/mol. The van der Waals surface area contributed by atoms with Crippen molar-refractivity contribution < 1.29 is 9.53 Å². The molecule has 0 aromatic heterocycles. The highest BCUT2D eigenvalue weighted by Gasteiger charge is 2.38. The summed E-state index contributed by atoms with van der Waals surface area (Å²) in [4.78, 5) is 14.0. The molecule has 0 saturated heterocycles. The Bertz CT molecular complexity index is 669. The molecule has 0 atom stereocenters. The Morgan fingerprint density at radius 2 is 1.72 bits per heavy atom. The van der Waals surface area contributed by atoms with Crippen LogP contribution in [0.15, 0.2) is 60.7 Å². The fraction of sp³-hybridized carbons (Fsp3) is 0.381. The summed E-state index contributed by atoms with van der Waals surface area (Å²) in [5.41, 5.74) is 1.44. The molecule has 1 N–H and O–H groups in total. The van der Waals surface area contributed by atoms with Crippen LogP contribution in [0.5, 0.6) is 5.75 Å². The van der Waals surface area contributed by atoms with Gasteiger partial charge in [-0.1, -0.05) is 55.0 Å². The molecule has 4 heteroatoms. The van der Waals surface area contributed by atoms with E-state index in [1.54, 1.807) is 11.9 Å². The molecule has 1 saturated carbocycles. The Labute approximate surface area is 149 Å². The predicted octanol–water partition coefficient (Wildman–Crippen LogP) is 3.83. The van der Waals surface area contributed by atoms with Gasteiger partial charge in [0.05, 0.1) is 6.54 Å². The van der Waals surface area contributed by atoms with Crippen LogP contribution in [0.2, 0.25) is 0 Å². The molecule has 2 amide bonds. The van der Waals surface area contributed by atoms with Crippen molar-refractivity contribution in [2.45, 2.75) is 24.7 Å². The summed E-state index contributed by atoms with van der Waals surface area (Å²) in [6, 6.07) is 20.1. The molecule has 0 heterocycles. The number of ether oxygens (including phenoxy) is 1. The number of rotatable bonds is 7. The normalized spacial score (nSPS) is 15.1. The fourth-order valence-corrected chi connectivity index (χ4v) is 3.26. The van der Waals surface area contributed by atoms with Crippen LogP contribution >= 0.6 is 0 Å². The summed E-state index contributed by atoms with van der Waals surface area (Å²) in [5, 5.41) is 3.10. The number of nitrogens with zero attached hydrogens (tertiary/aromatic N) is 1. The number of hydrogen-bond donors (Lipinski definition) is 1. The standard InChI is InChI=1S/C21H26N2O2/c1-23(15-16-25-19-11-6-3-7-12-19)20(24)22-17-21(13-8-14-21)18-9-4-2-5-10-18/h2-7,9-12H,8,13-17H2,1H3,(H,22,24). The van der Waals surface area contributed by atoms with Crippen LogP contribution in [-0.2, 0) is 5.41 Å². The average molecular weight is 338 g/mol. The van der Waals surface area contributed by atoms with Crippen LogP contribution in [-0.4, -0.2) is 37.7 Å². The van der Waals surface area contributed by atoms with Gasteiger partial charge < -0.3 is 15.0 Å². The molecule has 1 fully saturated rings. The Kier molecular flexibility index (Phi) is 5.59. The number of carbonyl (C=O) groups excluding carboxylic acids is 1. The maximum atomic E-state index is 12.4. The Morgan fingerprint density at radius 1 is 1.08 bits per heavy atom. The summed E-state index contributed by atoms with van der Waals surface area (Å²) >= 11 is 0. The van der Waals surface area contributed by atoms with E-state index in [9.17, 15) is 4.79 Å². The third-order valence-electron chi connectivity index (χ3n) is 5.06. The van der Waals surface area contributed by atoms with Gasteiger partial charge in [-0.25, -0.2) is 4.79 Å². The van der Waals surface area contributed by atoms with Crippen molar-refractivity contribution in [2.75, 3.05) is 26.7 Å². The highest BCUT2D eigenvalue weighted by Crippen LogP contribution is 2.43. The van der Waals surface area contributed by atoms with E-state index in [0.717, 1.165) is 18.6 Å². The van der Waals surface area contributed by atoms with Crippen LogP contribution in [0.25, 0.3) is 0 Å². The van der Waals surface area contributed by atoms with E-state index in [0.29, 0.717) is 19.7 Å². The number of nitrogens with one attached hydrogen (secondary N) is 1. The molecule has 25 heavy (non-hydrogen) atoms. The molecule has 0 spiro atoms. The van der Waals surface area contributed by atoms with Gasteiger partial charge in [0.2, 0.25) is 0 Å². The largest absolute Gasteiger partial charge is 0.492 e. The molecule has 0 aliphatic heterocycles. The third kappa shape index (κ3) is 4.32. The van der Waals surface area contributed by atoms with Crippen LogP contribution in [0.4, 0.5) is 4.79 Å². The first-order valence-electron chi connectivity index (χ1n) is 8.92. The van der Waals surface area contributed by atoms with Crippen molar-refractivity contribution >= 4 is 6.03 Å². The van der Waals surface area contributed by atoms with E-state index in [4.69, 9.17) is 4.74 Å². The minimum atomic E-state index is -0.0427. The molecular formula is C21H26N2O2. The SMILES string of the molecule is CN(CCOc1ccccc1)C(=O)NCC1(c2ccccc2)CCC1. The van der Waals surface area contributed by atoms with Gasteiger partial charge in [0.1, 0.15) is 12.4 Å². The first-order chi connectivity index (χ1) is 12.2. The molecule has 132 valence electrons. The van der Waals surface area contributed by atoms with E-state index in [1.807, 2.05) is 36.4 Å². The lowest BCUT2D eigenvalue weighted by atomic mass is 9.64. The summed E-state index contributed by atoms with van der Waals surface area (Å²) in [7, 11) is 1.81. The van der Waals surface area contributed by atoms with Gasteiger partial charge in [-0.2, -0.15) is 0 Å². The van der Waals surface area contributed by atoms with Gasteiger partial charge in [-0.05, 0) is 30.5 Å². The number of urea groups is 1. The molecule has 2 aromatic carbocycles. The van der Waals surface area contributed by atoms with E-state index in [2.05, 4.69) is 29.6 Å². The molecule has 0 bridgehead atoms. The average Bonchev–Trinajstić information content (AvgIpc) is 2.62. The smallest absolute Gasteiger partial charge is 0.317 e. The van der Waals surface area contributed by atoms with Gasteiger partial charge in [0.25, 0.3) is 0 Å².